The van der Waals surface area contributed by atoms with E-state index >= 15 is 0 Å². The Morgan fingerprint density at radius 1 is 1.07 bits per heavy atom. The van der Waals surface area contributed by atoms with E-state index < -0.39 is 0 Å². The predicted molar refractivity (Wildman–Crippen MR) is 115 cm³/mol. The molecule has 0 atom stereocenters. The van der Waals surface area contributed by atoms with Gasteiger partial charge in [0.25, 0.3) is 0 Å². The summed E-state index contributed by atoms with van der Waals surface area (Å²) in [5, 5.41) is 5.61. The summed E-state index contributed by atoms with van der Waals surface area (Å²) < 4.78 is 5.33. The summed E-state index contributed by atoms with van der Waals surface area (Å²) in [4.78, 5) is 15.2. The van der Waals surface area contributed by atoms with Gasteiger partial charge in [0.2, 0.25) is 0 Å². The van der Waals surface area contributed by atoms with E-state index in [1.54, 1.807) is 7.11 Å². The smallest absolute Gasteiger partial charge is 0.178 e. The highest BCUT2D eigenvalue weighted by Crippen LogP contribution is 2.28. The molecule has 0 bridgehead atoms. The highest BCUT2D eigenvalue weighted by Gasteiger charge is 2.12. The van der Waals surface area contributed by atoms with Gasteiger partial charge in [0.15, 0.2) is 5.82 Å². The zero-order valence-electron chi connectivity index (χ0n) is 16.5. The molecule has 6 heteroatoms. The first-order chi connectivity index (χ1) is 13.6. The average Bonchev–Trinajstić information content (AvgIpc) is 3.14. The van der Waals surface area contributed by atoms with Gasteiger partial charge < -0.3 is 19.9 Å². The van der Waals surface area contributed by atoms with Crippen LogP contribution in [0.2, 0.25) is 0 Å². The molecule has 0 unspecified atom stereocenters. The Kier molecular flexibility index (Phi) is 5.12. The van der Waals surface area contributed by atoms with Crippen molar-refractivity contribution in [3.05, 3.63) is 48.5 Å². The number of anilines is 1. The maximum absolute atomic E-state index is 5.33. The minimum absolute atomic E-state index is 0.684. The van der Waals surface area contributed by atoms with Crippen molar-refractivity contribution in [1.82, 2.24) is 19.9 Å². The van der Waals surface area contributed by atoms with Gasteiger partial charge in [-0.3, -0.25) is 0 Å². The minimum Gasteiger partial charge on any atom is -0.497 e. The van der Waals surface area contributed by atoms with Gasteiger partial charge in [-0.05, 0) is 63.5 Å². The Bertz CT molecular complexity index is 1100. The van der Waals surface area contributed by atoms with Crippen molar-refractivity contribution in [2.75, 3.05) is 39.6 Å². The molecule has 0 saturated heterocycles. The van der Waals surface area contributed by atoms with Crippen molar-refractivity contribution in [3.63, 3.8) is 0 Å². The Morgan fingerprint density at radius 2 is 1.93 bits per heavy atom. The van der Waals surface area contributed by atoms with E-state index in [-0.39, 0.29) is 0 Å². The number of hydrogen-bond donors (Lipinski definition) is 2. The van der Waals surface area contributed by atoms with Crippen LogP contribution in [0.4, 0.5) is 5.82 Å². The molecule has 4 aromatic rings. The fourth-order valence-corrected chi connectivity index (χ4v) is 3.29. The number of H-pyrrole nitrogens is 1. The molecule has 28 heavy (non-hydrogen) atoms. The van der Waals surface area contributed by atoms with Gasteiger partial charge in [-0.25, -0.2) is 9.97 Å². The topological polar surface area (TPSA) is 66.1 Å². The van der Waals surface area contributed by atoms with E-state index in [9.17, 15) is 0 Å². The zero-order valence-corrected chi connectivity index (χ0v) is 16.5. The van der Waals surface area contributed by atoms with Crippen LogP contribution >= 0.6 is 0 Å². The Hall–Kier alpha value is -3.12. The van der Waals surface area contributed by atoms with Gasteiger partial charge in [-0.2, -0.15) is 0 Å². The molecule has 0 fully saturated rings. The first-order valence-electron chi connectivity index (χ1n) is 9.46. The molecule has 0 radical (unpaired) electrons. The van der Waals surface area contributed by atoms with Crippen molar-refractivity contribution in [2.45, 2.75) is 6.42 Å². The lowest BCUT2D eigenvalue weighted by Gasteiger charge is -2.12. The average molecular weight is 375 g/mol. The summed E-state index contributed by atoms with van der Waals surface area (Å²) in [5.74, 6) is 2.39. The molecule has 0 aliphatic heterocycles. The largest absolute Gasteiger partial charge is 0.497 e. The summed E-state index contributed by atoms with van der Waals surface area (Å²) in [5.41, 5.74) is 2.86. The fourth-order valence-electron chi connectivity index (χ4n) is 3.29. The number of para-hydroxylation sites is 1. The summed E-state index contributed by atoms with van der Waals surface area (Å²) >= 11 is 0. The number of fused-ring (bicyclic) bond motifs is 2. The summed E-state index contributed by atoms with van der Waals surface area (Å²) in [7, 11) is 5.85. The van der Waals surface area contributed by atoms with Gasteiger partial charge >= 0.3 is 0 Å². The minimum atomic E-state index is 0.684. The first-order valence-corrected chi connectivity index (χ1v) is 9.46. The van der Waals surface area contributed by atoms with E-state index in [0.29, 0.717) is 5.82 Å². The number of hydrogen-bond acceptors (Lipinski definition) is 5. The second-order valence-corrected chi connectivity index (χ2v) is 7.13. The van der Waals surface area contributed by atoms with Crippen LogP contribution in [0.3, 0.4) is 0 Å². The second kappa shape index (κ2) is 7.86. The monoisotopic (exact) mass is 375 g/mol. The molecule has 0 spiro atoms. The van der Waals surface area contributed by atoms with Crippen molar-refractivity contribution in [1.29, 1.82) is 0 Å². The van der Waals surface area contributed by atoms with Crippen LogP contribution in [0.15, 0.2) is 48.5 Å². The lowest BCUT2D eigenvalue weighted by molar-refractivity contribution is 0.405. The number of ether oxygens (including phenoxy) is 1. The van der Waals surface area contributed by atoms with Gasteiger partial charge in [0, 0.05) is 22.8 Å². The molecular weight excluding hydrogens is 350 g/mol. The molecule has 144 valence electrons. The van der Waals surface area contributed by atoms with Crippen LogP contribution in [0.5, 0.6) is 5.75 Å². The van der Waals surface area contributed by atoms with Crippen LogP contribution in [0.25, 0.3) is 33.3 Å². The first kappa shape index (κ1) is 18.3. The summed E-state index contributed by atoms with van der Waals surface area (Å²) in [6.07, 6.45) is 1.05. The lowest BCUT2D eigenvalue weighted by Crippen LogP contribution is -2.16. The normalized spacial score (nSPS) is 11.4. The van der Waals surface area contributed by atoms with E-state index in [1.807, 2.05) is 36.4 Å². The molecule has 2 aromatic heterocycles. The molecular formula is C22H25N5O. The van der Waals surface area contributed by atoms with Crippen molar-refractivity contribution in [2.24, 2.45) is 0 Å². The summed E-state index contributed by atoms with van der Waals surface area (Å²) in [6.45, 7) is 1.90. The van der Waals surface area contributed by atoms with Crippen molar-refractivity contribution >= 4 is 27.6 Å². The van der Waals surface area contributed by atoms with Gasteiger partial charge in [-0.15, -0.1) is 0 Å². The highest BCUT2D eigenvalue weighted by molar-refractivity contribution is 5.92. The van der Waals surface area contributed by atoms with Gasteiger partial charge in [0.1, 0.15) is 11.6 Å². The second-order valence-electron chi connectivity index (χ2n) is 7.13. The van der Waals surface area contributed by atoms with E-state index in [4.69, 9.17) is 14.7 Å². The van der Waals surface area contributed by atoms with Gasteiger partial charge in [-0.1, -0.05) is 12.1 Å². The Labute approximate surface area is 164 Å². The number of methoxy groups -OCH3 is 1. The Morgan fingerprint density at radius 3 is 2.75 bits per heavy atom. The molecule has 2 heterocycles. The highest BCUT2D eigenvalue weighted by atomic mass is 16.5. The van der Waals surface area contributed by atoms with Crippen LogP contribution in [0.1, 0.15) is 6.42 Å². The van der Waals surface area contributed by atoms with Crippen LogP contribution in [-0.2, 0) is 0 Å². The van der Waals surface area contributed by atoms with E-state index in [0.717, 1.165) is 58.6 Å². The molecule has 2 N–H and O–H groups in total. The zero-order chi connectivity index (χ0) is 19.5. The fraction of sp³-hybridized carbons (Fsp3) is 0.273. The van der Waals surface area contributed by atoms with Crippen LogP contribution in [0, 0.1) is 0 Å². The van der Waals surface area contributed by atoms with Crippen molar-refractivity contribution in [3.8, 4) is 17.3 Å². The molecule has 6 nitrogen and oxygen atoms in total. The maximum atomic E-state index is 5.33. The van der Waals surface area contributed by atoms with E-state index in [2.05, 4.69) is 41.4 Å². The number of benzene rings is 2. The predicted octanol–water partition coefficient (Wildman–Crippen LogP) is 4.15. The van der Waals surface area contributed by atoms with Crippen LogP contribution in [-0.4, -0.2) is 54.1 Å². The van der Waals surface area contributed by atoms with E-state index in [1.165, 1.54) is 0 Å². The number of nitrogens with zero attached hydrogens (tertiary/aromatic N) is 3. The SMILES string of the molecule is COc1ccc2[nH]c(-c3nc(NCCCN(C)C)c4ccccc4n3)cc2c1. The molecule has 0 aliphatic carbocycles. The molecule has 0 amide bonds. The van der Waals surface area contributed by atoms with Crippen molar-refractivity contribution < 1.29 is 4.74 Å². The molecule has 4 rings (SSSR count). The quantitative estimate of drug-likeness (QED) is 0.475. The molecule has 2 aromatic carbocycles. The third-order valence-corrected chi connectivity index (χ3v) is 4.75. The third-order valence-electron chi connectivity index (χ3n) is 4.75. The van der Waals surface area contributed by atoms with Crippen LogP contribution < -0.4 is 10.1 Å². The standard InChI is InChI=1S/C22H25N5O/c1-27(2)12-6-11-23-21-17-7-4-5-8-19(17)25-22(26-21)20-14-15-13-16(28-3)9-10-18(15)24-20/h4-5,7-10,13-14,24H,6,11-12H2,1-3H3,(H,23,25,26). The number of rotatable bonds is 7. The molecule has 0 aliphatic rings. The third kappa shape index (κ3) is 3.77. The number of aromatic amines is 1. The lowest BCUT2D eigenvalue weighted by atomic mass is 10.2. The van der Waals surface area contributed by atoms with Gasteiger partial charge in [0.05, 0.1) is 18.3 Å². The number of aromatic nitrogens is 3. The molecule has 0 saturated carbocycles. The number of nitrogens with one attached hydrogen (secondary N) is 2. The Balaban J connectivity index is 1.70. The summed E-state index contributed by atoms with van der Waals surface area (Å²) in [6, 6.07) is 16.1. The maximum Gasteiger partial charge on any atom is 0.178 e.